The van der Waals surface area contributed by atoms with E-state index in [1.54, 1.807) is 19.2 Å². The molecule has 6 heteroatoms. The van der Waals surface area contributed by atoms with Crippen LogP contribution in [0.4, 0.5) is 5.82 Å². The van der Waals surface area contributed by atoms with Gasteiger partial charge in [0.15, 0.2) is 5.69 Å². The minimum absolute atomic E-state index is 0.0275. The number of hydrogen-bond acceptors (Lipinski definition) is 5. The number of nitrogens with zero attached hydrogens (tertiary/aromatic N) is 1. The van der Waals surface area contributed by atoms with Gasteiger partial charge in [0.25, 0.3) is 0 Å². The van der Waals surface area contributed by atoms with Gasteiger partial charge in [-0.2, -0.15) is 0 Å². The first-order valence-corrected chi connectivity index (χ1v) is 6.27. The number of carboxylic acids is 1. The number of pyridine rings is 1. The molecule has 1 aromatic heterocycles. The van der Waals surface area contributed by atoms with E-state index in [9.17, 15) is 4.79 Å². The fraction of sp³-hybridized carbons (Fsp3) is 0.538. The third-order valence-corrected chi connectivity index (χ3v) is 3.20. The third-order valence-electron chi connectivity index (χ3n) is 3.20. The Kier molecular flexibility index (Phi) is 4.34. The summed E-state index contributed by atoms with van der Waals surface area (Å²) in [5.74, 6) is -0.491. The van der Waals surface area contributed by atoms with E-state index in [1.165, 1.54) is 6.07 Å². The molecule has 0 aromatic carbocycles. The van der Waals surface area contributed by atoms with E-state index in [4.69, 9.17) is 14.6 Å². The van der Waals surface area contributed by atoms with Crippen molar-refractivity contribution in [1.82, 2.24) is 4.98 Å². The summed E-state index contributed by atoms with van der Waals surface area (Å²) in [6.45, 7) is 2.61. The highest BCUT2D eigenvalue weighted by molar-refractivity contribution is 5.85. The van der Waals surface area contributed by atoms with Crippen LogP contribution in [0, 0.1) is 0 Å². The van der Waals surface area contributed by atoms with Gasteiger partial charge < -0.3 is 19.9 Å². The molecule has 1 aliphatic carbocycles. The largest absolute Gasteiger partial charge is 0.477 e. The summed E-state index contributed by atoms with van der Waals surface area (Å²) >= 11 is 0. The molecule has 0 amide bonds. The highest BCUT2D eigenvalue weighted by Gasteiger charge is 2.42. The first kappa shape index (κ1) is 13.8. The van der Waals surface area contributed by atoms with Gasteiger partial charge in [-0.05, 0) is 25.5 Å². The minimum Gasteiger partial charge on any atom is -0.477 e. The van der Waals surface area contributed by atoms with E-state index in [1.807, 2.05) is 6.92 Å². The summed E-state index contributed by atoms with van der Waals surface area (Å²) in [5.41, 5.74) is 0.0275. The molecule has 2 rings (SSSR count). The second kappa shape index (κ2) is 5.99. The molecule has 0 spiro atoms. The Morgan fingerprint density at radius 1 is 1.58 bits per heavy atom. The number of rotatable bonds is 6. The molecular formula is C13H18N2O4. The molecular weight excluding hydrogens is 248 g/mol. The predicted molar refractivity (Wildman–Crippen MR) is 69.4 cm³/mol. The van der Waals surface area contributed by atoms with Crippen LogP contribution in [-0.4, -0.2) is 48.0 Å². The molecule has 1 saturated carbocycles. The maximum Gasteiger partial charge on any atom is 0.354 e. The predicted octanol–water partition coefficient (Wildman–Crippen LogP) is 1.38. The molecule has 1 fully saturated rings. The van der Waals surface area contributed by atoms with Crippen LogP contribution in [0.2, 0.25) is 0 Å². The number of aromatic nitrogens is 1. The number of carbonyl (C=O) groups is 1. The molecule has 6 nitrogen and oxygen atoms in total. The molecule has 2 N–H and O–H groups in total. The summed E-state index contributed by atoms with van der Waals surface area (Å²) in [7, 11) is 1.64. The number of aromatic carboxylic acids is 1. The van der Waals surface area contributed by atoms with Gasteiger partial charge in [0.2, 0.25) is 0 Å². The highest BCUT2D eigenvalue weighted by Crippen LogP contribution is 2.29. The average Bonchev–Trinajstić information content (AvgIpc) is 2.38. The highest BCUT2D eigenvalue weighted by atomic mass is 16.5. The van der Waals surface area contributed by atoms with Gasteiger partial charge in [-0.3, -0.25) is 0 Å². The number of anilines is 1. The lowest BCUT2D eigenvalue weighted by atomic mass is 9.85. The van der Waals surface area contributed by atoms with Crippen molar-refractivity contribution in [2.45, 2.75) is 31.6 Å². The molecule has 19 heavy (non-hydrogen) atoms. The van der Waals surface area contributed by atoms with Gasteiger partial charge in [-0.1, -0.05) is 6.07 Å². The zero-order valence-corrected chi connectivity index (χ0v) is 11.0. The molecule has 0 saturated heterocycles. The van der Waals surface area contributed by atoms with E-state index in [2.05, 4.69) is 10.3 Å². The Morgan fingerprint density at radius 2 is 2.37 bits per heavy atom. The maximum atomic E-state index is 10.8. The number of carboxylic acid groups (broad SMARTS) is 1. The number of ether oxygens (including phenoxy) is 2. The topological polar surface area (TPSA) is 80.7 Å². The fourth-order valence-electron chi connectivity index (χ4n) is 2.24. The summed E-state index contributed by atoms with van der Waals surface area (Å²) < 4.78 is 10.9. The van der Waals surface area contributed by atoms with Gasteiger partial charge in [0.05, 0.1) is 12.1 Å². The Bertz CT molecular complexity index is 452. The van der Waals surface area contributed by atoms with E-state index in [0.29, 0.717) is 12.4 Å². The molecule has 0 aliphatic heterocycles. The van der Waals surface area contributed by atoms with Gasteiger partial charge in [-0.25, -0.2) is 9.78 Å². The monoisotopic (exact) mass is 266 g/mol. The molecule has 1 aromatic rings. The van der Waals surface area contributed by atoms with Crippen molar-refractivity contribution >= 4 is 11.8 Å². The number of hydrogen-bond donors (Lipinski definition) is 2. The molecule has 1 aliphatic rings. The Morgan fingerprint density at radius 3 is 3.00 bits per heavy atom. The van der Waals surface area contributed by atoms with E-state index in [0.717, 1.165) is 6.42 Å². The molecule has 104 valence electrons. The minimum atomic E-state index is -1.03. The van der Waals surface area contributed by atoms with Crippen molar-refractivity contribution in [1.29, 1.82) is 0 Å². The lowest BCUT2D eigenvalue weighted by molar-refractivity contribution is -0.118. The lowest BCUT2D eigenvalue weighted by Crippen LogP contribution is -2.56. The van der Waals surface area contributed by atoms with Gasteiger partial charge in [-0.15, -0.1) is 0 Å². The van der Waals surface area contributed by atoms with Crippen LogP contribution in [0.15, 0.2) is 18.2 Å². The van der Waals surface area contributed by atoms with Crippen LogP contribution < -0.4 is 5.32 Å². The molecule has 3 atom stereocenters. The van der Waals surface area contributed by atoms with Crippen molar-refractivity contribution in [3.8, 4) is 0 Å². The normalized spacial score (nSPS) is 25.7. The van der Waals surface area contributed by atoms with Crippen LogP contribution in [0.1, 0.15) is 23.8 Å². The number of nitrogens with one attached hydrogen (secondary N) is 1. The standard InChI is InChI=1S/C13H18N2O4/c1-3-19-10-7-9(12(10)18-2)15-11-6-4-5-8(14-11)13(16)17/h4-6,9-10,12H,3,7H2,1-2H3,(H,14,15)(H,16,17). The van der Waals surface area contributed by atoms with Gasteiger partial charge in [0.1, 0.15) is 11.9 Å². The van der Waals surface area contributed by atoms with Crippen LogP contribution >= 0.6 is 0 Å². The van der Waals surface area contributed by atoms with Crippen molar-refractivity contribution in [3.63, 3.8) is 0 Å². The third kappa shape index (κ3) is 3.02. The lowest BCUT2D eigenvalue weighted by Gasteiger charge is -2.43. The maximum absolute atomic E-state index is 10.8. The van der Waals surface area contributed by atoms with Crippen LogP contribution in [0.3, 0.4) is 0 Å². The zero-order valence-electron chi connectivity index (χ0n) is 11.0. The molecule has 1 heterocycles. The first-order chi connectivity index (χ1) is 9.15. The van der Waals surface area contributed by atoms with Gasteiger partial charge >= 0.3 is 5.97 Å². The smallest absolute Gasteiger partial charge is 0.354 e. The number of methoxy groups -OCH3 is 1. The average molecular weight is 266 g/mol. The Hall–Kier alpha value is -1.66. The van der Waals surface area contributed by atoms with E-state index < -0.39 is 5.97 Å². The fourth-order valence-corrected chi connectivity index (χ4v) is 2.24. The quantitative estimate of drug-likeness (QED) is 0.809. The van der Waals surface area contributed by atoms with Crippen molar-refractivity contribution < 1.29 is 19.4 Å². The second-order valence-corrected chi connectivity index (χ2v) is 4.39. The van der Waals surface area contributed by atoms with E-state index in [-0.39, 0.29) is 23.9 Å². The zero-order chi connectivity index (χ0) is 13.8. The van der Waals surface area contributed by atoms with Crippen molar-refractivity contribution in [3.05, 3.63) is 23.9 Å². The summed E-state index contributed by atoms with van der Waals surface area (Å²) in [5, 5.41) is 12.1. The van der Waals surface area contributed by atoms with E-state index >= 15 is 0 Å². The van der Waals surface area contributed by atoms with Crippen molar-refractivity contribution in [2.75, 3.05) is 19.0 Å². The Balaban J connectivity index is 1.98. The summed E-state index contributed by atoms with van der Waals surface area (Å²) in [6, 6.07) is 4.97. The first-order valence-electron chi connectivity index (χ1n) is 6.27. The Labute approximate surface area is 111 Å². The summed E-state index contributed by atoms with van der Waals surface area (Å²) in [6.07, 6.45) is 0.885. The van der Waals surface area contributed by atoms with Gasteiger partial charge in [0, 0.05) is 13.7 Å². The van der Waals surface area contributed by atoms with Crippen molar-refractivity contribution in [2.24, 2.45) is 0 Å². The van der Waals surface area contributed by atoms with Crippen LogP contribution in [0.5, 0.6) is 0 Å². The SMILES string of the molecule is CCOC1CC(Nc2cccc(C(=O)O)n2)C1OC. The molecule has 3 unspecified atom stereocenters. The molecule has 0 bridgehead atoms. The summed E-state index contributed by atoms with van der Waals surface area (Å²) in [4.78, 5) is 14.9. The molecule has 0 radical (unpaired) electrons. The van der Waals surface area contributed by atoms with Crippen LogP contribution in [-0.2, 0) is 9.47 Å². The van der Waals surface area contributed by atoms with Crippen LogP contribution in [0.25, 0.3) is 0 Å². The second-order valence-electron chi connectivity index (χ2n) is 4.39.